The normalized spacial score (nSPS) is 14.3. The first-order chi connectivity index (χ1) is 20.5. The highest BCUT2D eigenvalue weighted by Gasteiger charge is 2.32. The zero-order valence-corrected chi connectivity index (χ0v) is 26.1. The van der Waals surface area contributed by atoms with E-state index in [4.69, 9.17) is 0 Å². The minimum Gasteiger partial charge on any atom is -0.352 e. The fourth-order valence-corrected chi connectivity index (χ4v) is 6.71. The molecule has 1 fully saturated rings. The number of nitrogens with zero attached hydrogens (tertiary/aromatic N) is 2. The summed E-state index contributed by atoms with van der Waals surface area (Å²) in [5.41, 5.74) is 4.06. The summed E-state index contributed by atoms with van der Waals surface area (Å²) in [6, 6.07) is 20.3. The fraction of sp³-hybridized carbons (Fsp3) is 0.412. The molecule has 43 heavy (non-hydrogen) atoms. The van der Waals surface area contributed by atoms with E-state index in [1.165, 1.54) is 22.7 Å². The number of carbonyl (C=O) groups is 2. The predicted molar refractivity (Wildman–Crippen MR) is 169 cm³/mol. The summed E-state index contributed by atoms with van der Waals surface area (Å²) in [5, 5.41) is 3.18. The first-order valence-corrected chi connectivity index (χ1v) is 16.8. The summed E-state index contributed by atoms with van der Waals surface area (Å²) in [7, 11) is -3.60. The number of anilines is 1. The third kappa shape index (κ3) is 8.89. The monoisotopic (exact) mass is 607 g/mol. The van der Waals surface area contributed by atoms with Crippen LogP contribution < -0.4 is 9.62 Å². The Morgan fingerprint density at radius 3 is 2.26 bits per heavy atom. The van der Waals surface area contributed by atoms with Crippen LogP contribution in [0.1, 0.15) is 60.8 Å². The number of sulfonamides is 1. The Balaban J connectivity index is 1.59. The predicted octanol–water partition coefficient (Wildman–Crippen LogP) is 5.69. The lowest BCUT2D eigenvalue weighted by molar-refractivity contribution is -0.141. The molecule has 9 heteroatoms. The van der Waals surface area contributed by atoms with Gasteiger partial charge in [0.15, 0.2) is 0 Å². The Hall–Kier alpha value is -3.72. The van der Waals surface area contributed by atoms with Crippen molar-refractivity contribution in [1.29, 1.82) is 0 Å². The molecular weight excluding hydrogens is 565 g/mol. The summed E-state index contributed by atoms with van der Waals surface area (Å²) in [4.78, 5) is 29.4. The highest BCUT2D eigenvalue weighted by atomic mass is 32.2. The van der Waals surface area contributed by atoms with Gasteiger partial charge in [0.25, 0.3) is 0 Å². The summed E-state index contributed by atoms with van der Waals surface area (Å²) in [5.74, 6) is -0.852. The molecule has 0 heterocycles. The zero-order chi connectivity index (χ0) is 31.0. The van der Waals surface area contributed by atoms with E-state index in [2.05, 4.69) is 5.32 Å². The largest absolute Gasteiger partial charge is 0.352 e. The van der Waals surface area contributed by atoms with Gasteiger partial charge in [0.05, 0.1) is 11.9 Å². The topological polar surface area (TPSA) is 86.8 Å². The van der Waals surface area contributed by atoms with E-state index in [9.17, 15) is 22.4 Å². The molecule has 3 aromatic rings. The molecule has 1 unspecified atom stereocenters. The van der Waals surface area contributed by atoms with E-state index in [-0.39, 0.29) is 49.6 Å². The second-order valence-electron chi connectivity index (χ2n) is 11.5. The van der Waals surface area contributed by atoms with Gasteiger partial charge in [-0.25, -0.2) is 12.8 Å². The molecule has 1 saturated carbocycles. The van der Waals surface area contributed by atoms with Gasteiger partial charge in [-0.3, -0.25) is 13.9 Å². The van der Waals surface area contributed by atoms with Crippen molar-refractivity contribution in [2.24, 2.45) is 0 Å². The average molecular weight is 608 g/mol. The van der Waals surface area contributed by atoms with E-state index in [0.29, 0.717) is 17.7 Å². The van der Waals surface area contributed by atoms with Gasteiger partial charge in [-0.15, -0.1) is 0 Å². The first kappa shape index (κ1) is 32.2. The average Bonchev–Trinajstić information content (AvgIpc) is 3.48. The Morgan fingerprint density at radius 1 is 0.930 bits per heavy atom. The van der Waals surface area contributed by atoms with Crippen molar-refractivity contribution in [3.63, 3.8) is 0 Å². The van der Waals surface area contributed by atoms with Crippen LogP contribution in [0.4, 0.5) is 10.1 Å². The number of benzene rings is 3. The van der Waals surface area contributed by atoms with Crippen LogP contribution in [0.25, 0.3) is 0 Å². The van der Waals surface area contributed by atoms with Crippen molar-refractivity contribution in [3.05, 3.63) is 101 Å². The molecule has 1 N–H and O–H groups in total. The highest BCUT2D eigenvalue weighted by molar-refractivity contribution is 7.92. The molecule has 0 radical (unpaired) electrons. The molecule has 1 atom stereocenters. The van der Waals surface area contributed by atoms with E-state index in [1.807, 2.05) is 56.3 Å². The van der Waals surface area contributed by atoms with Crippen LogP contribution in [0.2, 0.25) is 0 Å². The number of carbonyl (C=O) groups excluding carboxylic acids is 2. The van der Waals surface area contributed by atoms with E-state index >= 15 is 0 Å². The number of rotatable bonds is 13. The lowest BCUT2D eigenvalue weighted by atomic mass is 10.0. The van der Waals surface area contributed by atoms with Gasteiger partial charge in [-0.05, 0) is 73.6 Å². The number of hydrogen-bond acceptors (Lipinski definition) is 4. The number of hydrogen-bond donors (Lipinski definition) is 1. The lowest BCUT2D eigenvalue weighted by Crippen LogP contribution is -2.52. The van der Waals surface area contributed by atoms with Gasteiger partial charge < -0.3 is 10.2 Å². The van der Waals surface area contributed by atoms with Gasteiger partial charge in [-0.2, -0.15) is 0 Å². The molecule has 1 aliphatic carbocycles. The Morgan fingerprint density at radius 2 is 1.60 bits per heavy atom. The van der Waals surface area contributed by atoms with Gasteiger partial charge in [-0.1, -0.05) is 67.4 Å². The zero-order valence-electron chi connectivity index (χ0n) is 25.3. The van der Waals surface area contributed by atoms with Gasteiger partial charge in [0.2, 0.25) is 21.8 Å². The molecule has 0 spiro atoms. The van der Waals surface area contributed by atoms with Crippen molar-refractivity contribution < 1.29 is 22.4 Å². The van der Waals surface area contributed by atoms with Crippen molar-refractivity contribution in [2.75, 3.05) is 17.1 Å². The molecule has 0 aromatic heterocycles. The number of aryl methyl sites for hydroxylation is 1. The van der Waals surface area contributed by atoms with Crippen LogP contribution in [0, 0.1) is 19.7 Å². The van der Waals surface area contributed by atoms with Gasteiger partial charge in [0.1, 0.15) is 11.9 Å². The van der Waals surface area contributed by atoms with Crippen LogP contribution in [-0.4, -0.2) is 50.0 Å². The Labute approximate surface area is 255 Å². The van der Waals surface area contributed by atoms with Crippen LogP contribution in [-0.2, 0) is 32.6 Å². The maximum absolute atomic E-state index is 14.0. The smallest absolute Gasteiger partial charge is 0.243 e. The fourth-order valence-electron chi connectivity index (χ4n) is 5.70. The van der Waals surface area contributed by atoms with E-state index < -0.39 is 16.1 Å². The van der Waals surface area contributed by atoms with Crippen LogP contribution in [0.15, 0.2) is 72.8 Å². The third-order valence-corrected chi connectivity index (χ3v) is 9.42. The van der Waals surface area contributed by atoms with E-state index in [1.54, 1.807) is 23.1 Å². The Kier molecular flexibility index (Phi) is 11.0. The quantitative estimate of drug-likeness (QED) is 0.271. The minimum absolute atomic E-state index is 0.0417. The van der Waals surface area contributed by atoms with Crippen LogP contribution >= 0.6 is 0 Å². The summed E-state index contributed by atoms with van der Waals surface area (Å²) < 4.78 is 40.6. The number of nitrogens with one attached hydrogen (secondary N) is 1. The molecule has 1 aliphatic rings. The molecule has 0 saturated heterocycles. The van der Waals surface area contributed by atoms with Crippen molar-refractivity contribution in [1.82, 2.24) is 10.2 Å². The standard InChI is InChI=1S/C34H42FN3O4S/c1-25-11-9-16-31(26(25)2)38(43(3,41)42)22-10-17-33(39)37(24-28-18-20-29(35)21-19-28)32(23-27-12-5-4-6-13-27)34(40)36-30-14-7-8-15-30/h4-6,9,11-13,16,18-21,30,32H,7-8,10,14-15,17,22-24H2,1-3H3,(H,36,40). The maximum Gasteiger partial charge on any atom is 0.243 e. The Bertz CT molecular complexity index is 1490. The van der Waals surface area contributed by atoms with Crippen molar-refractivity contribution in [2.45, 2.75) is 77.4 Å². The molecule has 230 valence electrons. The molecule has 4 rings (SSSR count). The summed E-state index contributed by atoms with van der Waals surface area (Å²) in [6.45, 7) is 4.06. The highest BCUT2D eigenvalue weighted by Crippen LogP contribution is 2.26. The van der Waals surface area contributed by atoms with Gasteiger partial charge >= 0.3 is 0 Å². The van der Waals surface area contributed by atoms with Gasteiger partial charge in [0, 0.05) is 32.0 Å². The molecule has 3 aromatic carbocycles. The maximum atomic E-state index is 14.0. The minimum atomic E-state index is -3.60. The van der Waals surface area contributed by atoms with Crippen LogP contribution in [0.3, 0.4) is 0 Å². The molecule has 2 amide bonds. The molecular formula is C34H42FN3O4S. The SMILES string of the molecule is Cc1cccc(N(CCCC(=O)N(Cc2ccc(F)cc2)C(Cc2ccccc2)C(=O)NC2CCCC2)S(C)(=O)=O)c1C. The summed E-state index contributed by atoms with van der Waals surface area (Å²) >= 11 is 0. The lowest BCUT2D eigenvalue weighted by Gasteiger charge is -2.33. The second-order valence-corrected chi connectivity index (χ2v) is 13.4. The van der Waals surface area contributed by atoms with Crippen LogP contribution in [0.5, 0.6) is 0 Å². The first-order valence-electron chi connectivity index (χ1n) is 14.9. The summed E-state index contributed by atoms with van der Waals surface area (Å²) in [6.07, 6.45) is 5.74. The number of amides is 2. The third-order valence-electron chi connectivity index (χ3n) is 8.24. The second kappa shape index (κ2) is 14.6. The molecule has 7 nitrogen and oxygen atoms in total. The number of halogens is 1. The van der Waals surface area contributed by atoms with Crippen molar-refractivity contribution in [3.8, 4) is 0 Å². The van der Waals surface area contributed by atoms with Crippen molar-refractivity contribution >= 4 is 27.5 Å². The molecule has 0 bridgehead atoms. The van der Waals surface area contributed by atoms with E-state index in [0.717, 1.165) is 42.4 Å². The molecule has 0 aliphatic heterocycles.